The Bertz CT molecular complexity index is 1580. The van der Waals surface area contributed by atoms with E-state index in [1.165, 1.54) is 0 Å². The minimum atomic E-state index is -7.26. The lowest BCUT2D eigenvalue weighted by Gasteiger charge is -2.36. The van der Waals surface area contributed by atoms with Gasteiger partial charge in [0.05, 0.1) is 22.4 Å². The van der Waals surface area contributed by atoms with Crippen LogP contribution in [0.5, 0.6) is 0 Å². The number of rotatable bonds is 7. The van der Waals surface area contributed by atoms with Crippen LogP contribution >= 0.6 is 22.6 Å². The molecule has 1 N–H and O–H groups in total. The van der Waals surface area contributed by atoms with Crippen molar-refractivity contribution >= 4 is 40.0 Å². The molecule has 0 spiro atoms. The topological polar surface area (TPSA) is 59.1 Å². The van der Waals surface area contributed by atoms with Gasteiger partial charge in [-0.1, -0.05) is 6.07 Å². The molecule has 0 aliphatic rings. The first kappa shape index (κ1) is 35.0. The molecule has 0 saturated carbocycles. The standard InChI is InChI=1S/C25H11F14IN2O2/c26-18-5-4-10(9-41-18)20(44)42-16-3-1-2-12(19(16)27)17(43)8-13-14(22(29,30)31)6-11(7-15(13)40)21(28,24(34,35)36)23(32,33)25(37,38)39/h1-7,9H,8H2,(H,42,44). The number of aromatic nitrogens is 1. The van der Waals surface area contributed by atoms with Gasteiger partial charge in [0.2, 0.25) is 5.95 Å². The first-order valence-corrected chi connectivity index (χ1v) is 12.4. The van der Waals surface area contributed by atoms with Gasteiger partial charge >= 0.3 is 30.1 Å². The monoisotopic (exact) mass is 764 g/mol. The average molecular weight is 764 g/mol. The Hall–Kier alpha value is -3.52. The Kier molecular flexibility index (Phi) is 9.35. The molecule has 238 valence electrons. The summed E-state index contributed by atoms with van der Waals surface area (Å²) in [6.45, 7) is 0. The number of benzene rings is 2. The molecule has 1 amide bonds. The van der Waals surface area contributed by atoms with Gasteiger partial charge in [-0.25, -0.2) is 13.8 Å². The van der Waals surface area contributed by atoms with Gasteiger partial charge in [-0.3, -0.25) is 9.59 Å². The number of halogens is 15. The fourth-order valence-electron chi connectivity index (χ4n) is 3.79. The van der Waals surface area contributed by atoms with E-state index < -0.39 is 97.6 Å². The minimum Gasteiger partial charge on any atom is -0.319 e. The zero-order valence-electron chi connectivity index (χ0n) is 20.8. The summed E-state index contributed by atoms with van der Waals surface area (Å²) in [5, 5.41) is 2.00. The van der Waals surface area contributed by atoms with Crippen LogP contribution in [0.3, 0.4) is 0 Å². The van der Waals surface area contributed by atoms with Crippen molar-refractivity contribution in [3.63, 3.8) is 0 Å². The van der Waals surface area contributed by atoms with Crippen LogP contribution in [0.4, 0.5) is 67.2 Å². The van der Waals surface area contributed by atoms with Crippen LogP contribution in [0.15, 0.2) is 48.7 Å². The average Bonchev–Trinajstić information content (AvgIpc) is 2.88. The first-order chi connectivity index (χ1) is 19.9. The normalized spacial score (nSPS) is 14.2. The summed E-state index contributed by atoms with van der Waals surface area (Å²) in [5.74, 6) is -12.3. The Labute approximate surface area is 249 Å². The number of hydrogen-bond donors (Lipinski definition) is 1. The van der Waals surface area contributed by atoms with E-state index in [-0.39, 0.29) is 11.6 Å². The summed E-state index contributed by atoms with van der Waals surface area (Å²) in [6, 6.07) is 3.01. The molecule has 0 fully saturated rings. The molecule has 0 saturated heterocycles. The fraction of sp³-hybridized carbons (Fsp3) is 0.240. The number of nitrogens with one attached hydrogen (secondary N) is 1. The maximum Gasteiger partial charge on any atom is 0.457 e. The van der Waals surface area contributed by atoms with Crippen molar-refractivity contribution in [1.82, 2.24) is 4.98 Å². The number of carbonyl (C=O) groups is 2. The molecule has 0 aliphatic carbocycles. The lowest BCUT2D eigenvalue weighted by Crippen LogP contribution is -2.59. The zero-order chi connectivity index (χ0) is 33.6. The number of pyridine rings is 1. The van der Waals surface area contributed by atoms with E-state index in [9.17, 15) is 66.7 Å². The molecule has 19 heteroatoms. The van der Waals surface area contributed by atoms with Gasteiger partial charge in [0.25, 0.3) is 5.91 Å². The number of hydrogen-bond acceptors (Lipinski definition) is 3. The highest BCUT2D eigenvalue weighted by Crippen LogP contribution is 2.59. The number of Topliss-reactive ketones (excluding diaryl/α,β-unsaturated/α-hetero) is 1. The second-order valence-corrected chi connectivity index (χ2v) is 9.96. The predicted octanol–water partition coefficient (Wildman–Crippen LogP) is 8.59. The molecule has 1 aromatic heterocycles. The van der Waals surface area contributed by atoms with Gasteiger partial charge < -0.3 is 5.32 Å². The summed E-state index contributed by atoms with van der Waals surface area (Å²) >= 11 is 0.766. The second-order valence-electron chi connectivity index (χ2n) is 8.80. The molecule has 1 unspecified atom stereocenters. The van der Waals surface area contributed by atoms with E-state index in [1.54, 1.807) is 0 Å². The Balaban J connectivity index is 2.09. The van der Waals surface area contributed by atoms with Crippen LogP contribution in [0.2, 0.25) is 0 Å². The summed E-state index contributed by atoms with van der Waals surface area (Å²) in [6.07, 6.45) is -20.9. The number of anilines is 1. The van der Waals surface area contributed by atoms with Crippen molar-refractivity contribution in [2.24, 2.45) is 0 Å². The molecule has 3 rings (SSSR count). The van der Waals surface area contributed by atoms with Gasteiger partial charge in [-0.15, -0.1) is 0 Å². The molecule has 3 aromatic rings. The maximum atomic E-state index is 15.1. The highest BCUT2D eigenvalue weighted by atomic mass is 127. The summed E-state index contributed by atoms with van der Waals surface area (Å²) in [4.78, 5) is 28.3. The summed E-state index contributed by atoms with van der Waals surface area (Å²) in [5.41, 5.74) is -15.1. The van der Waals surface area contributed by atoms with E-state index in [2.05, 4.69) is 4.98 Å². The lowest BCUT2D eigenvalue weighted by atomic mass is 9.85. The number of amides is 1. The van der Waals surface area contributed by atoms with Crippen LogP contribution in [-0.2, 0) is 18.3 Å². The van der Waals surface area contributed by atoms with Gasteiger partial charge in [0, 0.05) is 21.8 Å². The number of nitrogens with zero attached hydrogens (tertiary/aromatic N) is 1. The molecule has 44 heavy (non-hydrogen) atoms. The van der Waals surface area contributed by atoms with Crippen molar-refractivity contribution in [3.05, 3.63) is 91.8 Å². The third-order valence-corrected chi connectivity index (χ3v) is 6.91. The van der Waals surface area contributed by atoms with E-state index >= 15 is 4.39 Å². The maximum absolute atomic E-state index is 15.1. The Morgan fingerprint density at radius 2 is 1.43 bits per heavy atom. The second kappa shape index (κ2) is 11.8. The number of alkyl halides is 12. The van der Waals surface area contributed by atoms with E-state index in [4.69, 9.17) is 0 Å². The molecule has 0 radical (unpaired) electrons. The highest BCUT2D eigenvalue weighted by Gasteiger charge is 2.81. The highest BCUT2D eigenvalue weighted by molar-refractivity contribution is 14.1. The Morgan fingerprint density at radius 3 is 1.93 bits per heavy atom. The van der Waals surface area contributed by atoms with Crippen molar-refractivity contribution in [1.29, 1.82) is 0 Å². The molecule has 1 heterocycles. The van der Waals surface area contributed by atoms with Crippen LogP contribution < -0.4 is 5.32 Å². The summed E-state index contributed by atoms with van der Waals surface area (Å²) in [7, 11) is 0. The van der Waals surface area contributed by atoms with Crippen LogP contribution in [-0.4, -0.2) is 34.9 Å². The van der Waals surface area contributed by atoms with Crippen LogP contribution in [0, 0.1) is 15.3 Å². The molecule has 4 nitrogen and oxygen atoms in total. The van der Waals surface area contributed by atoms with Crippen molar-refractivity contribution in [2.45, 2.75) is 36.5 Å². The van der Waals surface area contributed by atoms with Crippen molar-refractivity contribution in [3.8, 4) is 0 Å². The molecule has 2 aromatic carbocycles. The number of carbonyl (C=O) groups excluding carboxylic acids is 2. The van der Waals surface area contributed by atoms with Gasteiger partial charge in [0.15, 0.2) is 11.6 Å². The van der Waals surface area contributed by atoms with E-state index in [1.807, 2.05) is 5.32 Å². The predicted molar refractivity (Wildman–Crippen MR) is 131 cm³/mol. The third-order valence-electron chi connectivity index (χ3n) is 5.95. The smallest absolute Gasteiger partial charge is 0.319 e. The lowest BCUT2D eigenvalue weighted by molar-refractivity contribution is -0.389. The SMILES string of the molecule is O=C(Nc1cccc(C(=O)Cc2c(I)cc(C(F)(C(F)(F)F)C(F)(F)C(F)(F)F)cc2C(F)(F)F)c1F)c1ccc(F)nc1. The Morgan fingerprint density at radius 1 is 0.818 bits per heavy atom. The van der Waals surface area contributed by atoms with E-state index in [0.717, 1.165) is 59.1 Å². The largest absolute Gasteiger partial charge is 0.457 e. The van der Waals surface area contributed by atoms with Gasteiger partial charge in [-0.2, -0.15) is 52.7 Å². The zero-order valence-corrected chi connectivity index (χ0v) is 22.9. The fourth-order valence-corrected chi connectivity index (χ4v) is 4.61. The van der Waals surface area contributed by atoms with Crippen molar-refractivity contribution in [2.75, 3.05) is 5.32 Å². The first-order valence-electron chi connectivity index (χ1n) is 11.3. The quantitative estimate of drug-likeness (QED) is 0.114. The van der Waals surface area contributed by atoms with E-state index in [0.29, 0.717) is 0 Å². The van der Waals surface area contributed by atoms with Gasteiger partial charge in [-0.05, 0) is 64.6 Å². The molecule has 0 bridgehead atoms. The van der Waals surface area contributed by atoms with Crippen molar-refractivity contribution < 1.29 is 71.1 Å². The van der Waals surface area contributed by atoms with Gasteiger partial charge in [0.1, 0.15) is 0 Å². The number of ketones is 1. The van der Waals surface area contributed by atoms with Crippen LogP contribution in [0.1, 0.15) is 37.4 Å². The molecule has 0 aliphatic heterocycles. The summed E-state index contributed by atoms with van der Waals surface area (Å²) < 4.78 is 190. The molecular formula is C25H11F14IN2O2. The third kappa shape index (κ3) is 6.46. The minimum absolute atomic E-state index is 0.286. The molecule has 1 atom stereocenters. The molecular weight excluding hydrogens is 753 g/mol. The van der Waals surface area contributed by atoms with Crippen LogP contribution in [0.25, 0.3) is 0 Å².